The third-order valence-corrected chi connectivity index (χ3v) is 5.21. The van der Waals surface area contributed by atoms with Crippen LogP contribution >= 0.6 is 0 Å². The second-order valence-electron chi connectivity index (χ2n) is 6.36. The van der Waals surface area contributed by atoms with Crippen LogP contribution in [-0.4, -0.2) is 47.8 Å². The first kappa shape index (κ1) is 13.8. The third-order valence-electron chi connectivity index (χ3n) is 5.21. The fourth-order valence-corrected chi connectivity index (χ4v) is 4.12. The molecule has 0 aromatic heterocycles. The summed E-state index contributed by atoms with van der Waals surface area (Å²) in [7, 11) is 1.67. The van der Waals surface area contributed by atoms with Crippen LogP contribution in [0.25, 0.3) is 0 Å². The Balaban J connectivity index is 1.74. The van der Waals surface area contributed by atoms with E-state index in [9.17, 15) is 4.79 Å². The highest BCUT2D eigenvalue weighted by atomic mass is 16.5. The molecule has 4 aliphatic rings. The number of hydrazone groups is 1. The van der Waals surface area contributed by atoms with Gasteiger partial charge in [0.25, 0.3) is 0 Å². The van der Waals surface area contributed by atoms with Crippen molar-refractivity contribution in [2.24, 2.45) is 11.0 Å². The highest BCUT2D eigenvalue weighted by Gasteiger charge is 2.50. The summed E-state index contributed by atoms with van der Waals surface area (Å²) in [4.78, 5) is 14.6. The lowest BCUT2D eigenvalue weighted by atomic mass is 9.78. The van der Waals surface area contributed by atoms with E-state index < -0.39 is 0 Å². The van der Waals surface area contributed by atoms with E-state index >= 15 is 0 Å². The van der Waals surface area contributed by atoms with Gasteiger partial charge >= 0.3 is 0 Å². The van der Waals surface area contributed by atoms with Crippen molar-refractivity contribution in [2.75, 3.05) is 20.2 Å². The summed E-state index contributed by atoms with van der Waals surface area (Å²) in [5, 5.41) is 6.41. The predicted molar refractivity (Wildman–Crippen MR) is 83.8 cm³/mol. The predicted octanol–water partition coefficient (Wildman–Crippen LogP) is 2.05. The monoisotopic (exact) mass is 299 g/mol. The van der Waals surface area contributed by atoms with Crippen LogP contribution in [0, 0.1) is 5.92 Å². The van der Waals surface area contributed by atoms with Gasteiger partial charge in [-0.25, -0.2) is 5.01 Å². The fourth-order valence-electron chi connectivity index (χ4n) is 4.12. The second-order valence-corrected chi connectivity index (χ2v) is 6.36. The zero-order chi connectivity index (χ0) is 15.3. The van der Waals surface area contributed by atoms with Gasteiger partial charge in [0.15, 0.2) is 0 Å². The van der Waals surface area contributed by atoms with Crippen molar-refractivity contribution in [3.63, 3.8) is 0 Å². The smallest absolute Gasteiger partial charge is 0.240 e. The molecule has 4 aliphatic heterocycles. The summed E-state index contributed by atoms with van der Waals surface area (Å²) in [5.74, 6) is 1.41. The Labute approximate surface area is 130 Å². The van der Waals surface area contributed by atoms with Crippen molar-refractivity contribution in [2.45, 2.75) is 31.8 Å². The molecule has 116 valence electrons. The van der Waals surface area contributed by atoms with Gasteiger partial charge in [0.2, 0.25) is 5.91 Å². The zero-order valence-electron chi connectivity index (χ0n) is 13.0. The van der Waals surface area contributed by atoms with Crippen molar-refractivity contribution in [1.29, 1.82) is 0 Å². The molecule has 5 rings (SSSR count). The van der Waals surface area contributed by atoms with Crippen LogP contribution in [0.15, 0.2) is 29.4 Å². The number of piperidine rings is 3. The number of fused-ring (bicyclic) bond motifs is 2. The molecule has 4 heterocycles. The maximum absolute atomic E-state index is 12.1. The molecule has 22 heavy (non-hydrogen) atoms. The van der Waals surface area contributed by atoms with Crippen molar-refractivity contribution < 1.29 is 9.53 Å². The molecule has 0 radical (unpaired) electrons. The van der Waals surface area contributed by atoms with Crippen LogP contribution in [0.5, 0.6) is 5.75 Å². The van der Waals surface area contributed by atoms with Crippen molar-refractivity contribution in [3.05, 3.63) is 29.8 Å². The summed E-state index contributed by atoms with van der Waals surface area (Å²) in [6, 6.07) is 8.29. The highest BCUT2D eigenvalue weighted by molar-refractivity contribution is 5.97. The fraction of sp³-hybridized carbons (Fsp3) is 0.529. The minimum absolute atomic E-state index is 0.00139. The average molecular weight is 299 g/mol. The third kappa shape index (κ3) is 1.96. The van der Waals surface area contributed by atoms with E-state index in [1.165, 1.54) is 18.6 Å². The molecule has 0 N–H and O–H groups in total. The van der Waals surface area contributed by atoms with E-state index in [0.29, 0.717) is 5.92 Å². The van der Waals surface area contributed by atoms with E-state index in [-0.39, 0.29) is 18.0 Å². The van der Waals surface area contributed by atoms with Gasteiger partial charge in [0.1, 0.15) is 11.8 Å². The van der Waals surface area contributed by atoms with Gasteiger partial charge in [0, 0.05) is 12.8 Å². The minimum Gasteiger partial charge on any atom is -0.497 e. The lowest BCUT2D eigenvalue weighted by Gasteiger charge is -2.46. The number of carbonyl (C=O) groups is 1. The molecule has 0 saturated carbocycles. The molecule has 0 spiro atoms. The molecule has 1 aromatic carbocycles. The van der Waals surface area contributed by atoms with E-state index in [2.05, 4.69) is 17.0 Å². The molecule has 1 aromatic rings. The van der Waals surface area contributed by atoms with Gasteiger partial charge in [-0.05, 0) is 43.6 Å². The molecule has 2 bridgehead atoms. The van der Waals surface area contributed by atoms with E-state index in [1.54, 1.807) is 19.0 Å². The molecule has 2 atom stereocenters. The maximum Gasteiger partial charge on any atom is 0.240 e. The standard InChI is InChI=1S/C17H21N3O2/c1-11(21)20-16(13-3-5-14(22-2)6-4-13)17-15(18-20)12-7-9-19(17)10-8-12/h3-6,12,16-17H,7-10H2,1-2H3/t16-,17-/m0/s1. The Morgan fingerprint density at radius 1 is 1.18 bits per heavy atom. The topological polar surface area (TPSA) is 45.1 Å². The van der Waals surface area contributed by atoms with Crippen LogP contribution in [0.3, 0.4) is 0 Å². The molecule has 3 fully saturated rings. The Morgan fingerprint density at radius 3 is 2.45 bits per heavy atom. The Hall–Kier alpha value is -1.88. The van der Waals surface area contributed by atoms with Gasteiger partial charge in [-0.15, -0.1) is 0 Å². The average Bonchev–Trinajstić information content (AvgIpc) is 2.99. The van der Waals surface area contributed by atoms with E-state index in [1.807, 2.05) is 12.1 Å². The van der Waals surface area contributed by atoms with E-state index in [4.69, 9.17) is 9.84 Å². The Kier molecular flexibility index (Phi) is 3.18. The molecule has 0 aliphatic carbocycles. The van der Waals surface area contributed by atoms with Crippen LogP contribution in [0.4, 0.5) is 0 Å². The van der Waals surface area contributed by atoms with E-state index in [0.717, 1.165) is 24.4 Å². The number of methoxy groups -OCH3 is 1. The first-order valence-corrected chi connectivity index (χ1v) is 7.95. The number of rotatable bonds is 2. The summed E-state index contributed by atoms with van der Waals surface area (Å²) < 4.78 is 5.24. The van der Waals surface area contributed by atoms with Crippen LogP contribution in [-0.2, 0) is 4.79 Å². The minimum atomic E-state index is 0.00139. The van der Waals surface area contributed by atoms with Crippen molar-refractivity contribution >= 4 is 11.6 Å². The number of nitrogens with zero attached hydrogens (tertiary/aromatic N) is 3. The molecule has 0 unspecified atom stereocenters. The molecular formula is C17H21N3O2. The number of amides is 1. The van der Waals surface area contributed by atoms with Gasteiger partial charge in [0.05, 0.1) is 18.9 Å². The second kappa shape index (κ2) is 5.09. The SMILES string of the molecule is COc1ccc([C@H]2[C@@H]3C(=NN2C(C)=O)C2CCN3CC2)cc1. The Bertz CT molecular complexity index is 617. The van der Waals surface area contributed by atoms with Gasteiger partial charge in [-0.2, -0.15) is 5.10 Å². The quantitative estimate of drug-likeness (QED) is 0.839. The largest absolute Gasteiger partial charge is 0.497 e. The van der Waals surface area contributed by atoms with Gasteiger partial charge in [-0.1, -0.05) is 12.1 Å². The number of hydrogen-bond donors (Lipinski definition) is 0. The maximum atomic E-state index is 12.1. The molecular weight excluding hydrogens is 278 g/mol. The van der Waals surface area contributed by atoms with Crippen LogP contribution in [0.2, 0.25) is 0 Å². The Morgan fingerprint density at radius 2 is 1.86 bits per heavy atom. The number of benzene rings is 1. The molecule has 5 nitrogen and oxygen atoms in total. The lowest BCUT2D eigenvalue weighted by Crippen LogP contribution is -2.56. The van der Waals surface area contributed by atoms with Crippen molar-refractivity contribution in [3.8, 4) is 5.75 Å². The highest BCUT2D eigenvalue weighted by Crippen LogP contribution is 2.43. The normalized spacial score (nSPS) is 32.6. The molecule has 1 amide bonds. The summed E-state index contributed by atoms with van der Waals surface area (Å²) in [6.07, 6.45) is 2.35. The summed E-state index contributed by atoms with van der Waals surface area (Å²) in [6.45, 7) is 3.84. The van der Waals surface area contributed by atoms with Gasteiger partial charge < -0.3 is 4.74 Å². The number of ether oxygens (including phenoxy) is 1. The number of hydrogen-bond acceptors (Lipinski definition) is 4. The van der Waals surface area contributed by atoms with Crippen LogP contribution < -0.4 is 4.74 Å². The molecule has 3 saturated heterocycles. The summed E-state index contributed by atoms with van der Waals surface area (Å²) in [5.41, 5.74) is 2.35. The van der Waals surface area contributed by atoms with Gasteiger partial charge in [-0.3, -0.25) is 9.69 Å². The first-order chi connectivity index (χ1) is 10.7. The number of carbonyl (C=O) groups excluding carboxylic acids is 1. The molecule has 5 heteroatoms. The van der Waals surface area contributed by atoms with Crippen molar-refractivity contribution in [1.82, 2.24) is 9.91 Å². The zero-order valence-corrected chi connectivity index (χ0v) is 13.0. The van der Waals surface area contributed by atoms with Crippen LogP contribution in [0.1, 0.15) is 31.4 Å². The lowest BCUT2D eigenvalue weighted by molar-refractivity contribution is -0.131. The summed E-state index contributed by atoms with van der Waals surface area (Å²) >= 11 is 0. The first-order valence-electron chi connectivity index (χ1n) is 7.95.